The summed E-state index contributed by atoms with van der Waals surface area (Å²) in [5.74, 6) is -0.103. The van der Waals surface area contributed by atoms with Gasteiger partial charge >= 0.3 is 0 Å². The second-order valence-corrected chi connectivity index (χ2v) is 11.7. The molecule has 0 unspecified atom stereocenters. The molecule has 8 nitrogen and oxygen atoms in total. The van der Waals surface area contributed by atoms with Crippen LogP contribution in [0.25, 0.3) is 0 Å². The normalized spacial score (nSPS) is 37.6. The number of rotatable bonds is 8. The third kappa shape index (κ3) is 6.19. The fourth-order valence-corrected chi connectivity index (χ4v) is 6.54. The van der Waals surface area contributed by atoms with Crippen molar-refractivity contribution in [2.24, 2.45) is 0 Å². The maximum atomic E-state index is 12.4. The topological polar surface area (TPSA) is 92.7 Å². The quantitative estimate of drug-likeness (QED) is 0.529. The number of benzene rings is 2. The van der Waals surface area contributed by atoms with E-state index in [1.54, 1.807) is 0 Å². The van der Waals surface area contributed by atoms with E-state index in [1.165, 1.54) is 0 Å². The summed E-state index contributed by atoms with van der Waals surface area (Å²) >= 11 is 0. The summed E-state index contributed by atoms with van der Waals surface area (Å²) in [5, 5.41) is 9.59. The monoisotopic (exact) mass is 552 g/mol. The molecule has 6 rings (SSSR count). The minimum atomic E-state index is -0.779. The van der Waals surface area contributed by atoms with E-state index in [9.17, 15) is 9.90 Å². The molecule has 4 fully saturated rings. The Bertz CT molecular complexity index is 1110. The zero-order valence-corrected chi connectivity index (χ0v) is 23.1. The van der Waals surface area contributed by atoms with Gasteiger partial charge in [0.1, 0.15) is 12.2 Å². The first-order valence-electron chi connectivity index (χ1n) is 14.6. The Hall–Kier alpha value is -2.17. The fraction of sp³-hybridized carbons (Fsp3) is 0.594. The molecule has 0 amide bonds. The van der Waals surface area contributed by atoms with Gasteiger partial charge in [-0.25, -0.2) is 0 Å². The molecule has 4 heterocycles. The van der Waals surface area contributed by atoms with E-state index in [-0.39, 0.29) is 61.5 Å². The molecule has 0 bridgehead atoms. The molecule has 0 radical (unpaired) electrons. The van der Waals surface area contributed by atoms with Gasteiger partial charge in [-0.05, 0) is 30.9 Å². The standard InChI is InChI=1S/C32H40O8/c1-32-13-12-24-26(39-31(32)16-27-28(40-32)14-23(34)29(17-33)38-27)15-25(36-19-22-10-6-3-7-11-22)30(37-24)20-35-18-21-8-4-2-5-9-21/h2-11,24-31,33H,12-20H2,1H3/t24-,25-,26+,27+,28-,29-,30+,31-,32+/m1/s1. The lowest BCUT2D eigenvalue weighted by molar-refractivity contribution is -0.273. The first-order valence-corrected chi connectivity index (χ1v) is 14.6. The number of carbonyl (C=O) groups is 1. The van der Waals surface area contributed by atoms with Crippen LogP contribution in [-0.2, 0) is 46.4 Å². The molecule has 2 aromatic rings. The Balaban J connectivity index is 1.15. The number of aliphatic hydroxyl groups excluding tert-OH is 1. The second kappa shape index (κ2) is 12.4. The number of hydrogen-bond acceptors (Lipinski definition) is 8. The highest BCUT2D eigenvalue weighted by atomic mass is 16.6. The minimum absolute atomic E-state index is 0.103. The maximum Gasteiger partial charge on any atom is 0.166 e. The lowest BCUT2D eigenvalue weighted by Crippen LogP contribution is -2.60. The van der Waals surface area contributed by atoms with Crippen molar-refractivity contribution in [3.8, 4) is 0 Å². The summed E-state index contributed by atoms with van der Waals surface area (Å²) in [4.78, 5) is 12.4. The fourth-order valence-electron chi connectivity index (χ4n) is 6.54. The number of carbonyl (C=O) groups excluding carboxylic acids is 1. The zero-order chi connectivity index (χ0) is 27.5. The van der Waals surface area contributed by atoms with Gasteiger partial charge in [-0.2, -0.15) is 0 Å². The summed E-state index contributed by atoms with van der Waals surface area (Å²) in [5.41, 5.74) is 1.68. The lowest BCUT2D eigenvalue weighted by Gasteiger charge is -2.50. The Labute approximate surface area is 235 Å². The van der Waals surface area contributed by atoms with Crippen molar-refractivity contribution in [2.45, 2.75) is 107 Å². The van der Waals surface area contributed by atoms with Crippen LogP contribution in [0.1, 0.15) is 50.2 Å². The van der Waals surface area contributed by atoms with Gasteiger partial charge in [-0.15, -0.1) is 0 Å². The average Bonchev–Trinajstić information content (AvgIpc) is 3.11. The summed E-state index contributed by atoms with van der Waals surface area (Å²) in [6, 6.07) is 20.3. The Morgan fingerprint density at radius 2 is 1.57 bits per heavy atom. The third-order valence-electron chi connectivity index (χ3n) is 8.84. The highest BCUT2D eigenvalue weighted by Gasteiger charge is 2.54. The molecule has 216 valence electrons. The van der Waals surface area contributed by atoms with Gasteiger partial charge in [0.2, 0.25) is 0 Å². The molecule has 0 saturated carbocycles. The number of fused-ring (bicyclic) bond motifs is 3. The molecule has 0 aliphatic carbocycles. The van der Waals surface area contributed by atoms with Crippen LogP contribution in [0.15, 0.2) is 60.7 Å². The summed E-state index contributed by atoms with van der Waals surface area (Å²) in [6.07, 6.45) is 0.845. The van der Waals surface area contributed by atoms with E-state index < -0.39 is 11.7 Å². The van der Waals surface area contributed by atoms with E-state index in [0.717, 1.165) is 24.0 Å². The molecular formula is C32H40O8. The van der Waals surface area contributed by atoms with Gasteiger partial charge in [0.25, 0.3) is 0 Å². The molecule has 0 spiro atoms. The molecule has 4 aliphatic heterocycles. The van der Waals surface area contributed by atoms with Crippen LogP contribution in [0.5, 0.6) is 0 Å². The number of Topliss-reactive ketones (excluding diaryl/α,β-unsaturated/α-hetero) is 1. The van der Waals surface area contributed by atoms with Crippen molar-refractivity contribution in [1.82, 2.24) is 0 Å². The number of ketones is 1. The third-order valence-corrected chi connectivity index (χ3v) is 8.84. The van der Waals surface area contributed by atoms with Crippen LogP contribution in [0, 0.1) is 0 Å². The molecule has 40 heavy (non-hydrogen) atoms. The van der Waals surface area contributed by atoms with Crippen LogP contribution in [0.2, 0.25) is 0 Å². The summed E-state index contributed by atoms with van der Waals surface area (Å²) in [7, 11) is 0. The average molecular weight is 553 g/mol. The van der Waals surface area contributed by atoms with E-state index >= 15 is 0 Å². The summed E-state index contributed by atoms with van der Waals surface area (Å²) in [6.45, 7) is 3.20. The van der Waals surface area contributed by atoms with Crippen molar-refractivity contribution in [1.29, 1.82) is 0 Å². The smallest absolute Gasteiger partial charge is 0.166 e. The van der Waals surface area contributed by atoms with E-state index in [1.807, 2.05) is 36.4 Å². The molecule has 4 saturated heterocycles. The van der Waals surface area contributed by atoms with Crippen molar-refractivity contribution in [3.63, 3.8) is 0 Å². The van der Waals surface area contributed by atoms with Crippen LogP contribution in [-0.4, -0.2) is 78.5 Å². The number of aliphatic hydroxyl groups is 1. The van der Waals surface area contributed by atoms with Crippen molar-refractivity contribution in [2.75, 3.05) is 13.2 Å². The Morgan fingerprint density at radius 1 is 0.875 bits per heavy atom. The van der Waals surface area contributed by atoms with Gasteiger partial charge in [0.15, 0.2) is 5.78 Å². The Morgan fingerprint density at radius 3 is 2.30 bits per heavy atom. The Kier molecular flexibility index (Phi) is 8.65. The van der Waals surface area contributed by atoms with Gasteiger partial charge < -0.3 is 33.5 Å². The molecule has 8 heteroatoms. The van der Waals surface area contributed by atoms with Gasteiger partial charge in [0.05, 0.1) is 68.7 Å². The van der Waals surface area contributed by atoms with Crippen LogP contribution < -0.4 is 0 Å². The molecule has 2 aromatic carbocycles. The van der Waals surface area contributed by atoms with Crippen molar-refractivity contribution in [3.05, 3.63) is 71.8 Å². The minimum Gasteiger partial charge on any atom is -0.393 e. The second-order valence-electron chi connectivity index (χ2n) is 11.7. The van der Waals surface area contributed by atoms with Crippen molar-refractivity contribution < 1.29 is 38.3 Å². The molecule has 0 aromatic heterocycles. The lowest BCUT2D eigenvalue weighted by atomic mass is 9.82. The van der Waals surface area contributed by atoms with E-state index in [4.69, 9.17) is 28.4 Å². The van der Waals surface area contributed by atoms with E-state index in [0.29, 0.717) is 32.7 Å². The SMILES string of the molecule is C[C@]12CC[C@H]3O[C@@H](COCc4ccccc4)[C@H](OCc4ccccc4)C[C@@H]3O[C@@H]1C[C@@H]1O[C@H](CO)C(=O)C[C@H]1O2. The van der Waals surface area contributed by atoms with Crippen LogP contribution in [0.4, 0.5) is 0 Å². The van der Waals surface area contributed by atoms with Gasteiger partial charge in [0, 0.05) is 19.3 Å². The predicted molar refractivity (Wildman–Crippen MR) is 146 cm³/mol. The first-order chi connectivity index (χ1) is 19.5. The largest absolute Gasteiger partial charge is 0.393 e. The zero-order valence-electron chi connectivity index (χ0n) is 23.1. The van der Waals surface area contributed by atoms with Gasteiger partial charge in [-0.1, -0.05) is 60.7 Å². The van der Waals surface area contributed by atoms with Crippen LogP contribution >= 0.6 is 0 Å². The summed E-state index contributed by atoms with van der Waals surface area (Å²) < 4.78 is 38.5. The molecule has 1 N–H and O–H groups in total. The first kappa shape index (κ1) is 28.0. The van der Waals surface area contributed by atoms with Crippen molar-refractivity contribution >= 4 is 5.78 Å². The maximum absolute atomic E-state index is 12.4. The highest BCUT2D eigenvalue weighted by Crippen LogP contribution is 2.44. The number of ether oxygens (including phenoxy) is 6. The van der Waals surface area contributed by atoms with E-state index in [2.05, 4.69) is 31.2 Å². The highest BCUT2D eigenvalue weighted by molar-refractivity contribution is 5.84. The predicted octanol–water partition coefficient (Wildman–Crippen LogP) is 3.76. The molecular weight excluding hydrogens is 512 g/mol. The number of hydrogen-bond donors (Lipinski definition) is 1. The van der Waals surface area contributed by atoms with Gasteiger partial charge in [-0.3, -0.25) is 4.79 Å². The molecule has 4 aliphatic rings. The van der Waals surface area contributed by atoms with Crippen LogP contribution in [0.3, 0.4) is 0 Å². The molecule has 9 atom stereocenters.